The van der Waals surface area contributed by atoms with Crippen LogP contribution in [-0.4, -0.2) is 24.4 Å². The molecule has 0 bridgehead atoms. The number of aryl methyl sites for hydroxylation is 1. The van der Waals surface area contributed by atoms with Crippen LogP contribution in [0, 0.1) is 12.8 Å². The maximum absolute atomic E-state index is 12.1. The minimum absolute atomic E-state index is 0.0392. The second-order valence-electron chi connectivity index (χ2n) is 4.98. The van der Waals surface area contributed by atoms with E-state index in [-0.39, 0.29) is 5.91 Å². The van der Waals surface area contributed by atoms with Gasteiger partial charge < -0.3 is 10.6 Å². The molecule has 0 spiro atoms. The molecule has 0 radical (unpaired) electrons. The van der Waals surface area contributed by atoms with Gasteiger partial charge in [0.1, 0.15) is 0 Å². The molecule has 0 saturated heterocycles. The van der Waals surface area contributed by atoms with Gasteiger partial charge in [-0.2, -0.15) is 0 Å². The molecule has 0 saturated carbocycles. The van der Waals surface area contributed by atoms with Gasteiger partial charge in [0.2, 0.25) is 0 Å². The van der Waals surface area contributed by atoms with Crippen molar-refractivity contribution in [1.82, 2.24) is 4.90 Å². The number of hydrogen-bond acceptors (Lipinski definition) is 2. The normalized spacial score (nSPS) is 10.6. The van der Waals surface area contributed by atoms with Crippen molar-refractivity contribution >= 4 is 11.6 Å². The number of rotatable bonds is 4. The Labute approximate surface area is 104 Å². The van der Waals surface area contributed by atoms with Gasteiger partial charge in [0, 0.05) is 24.8 Å². The van der Waals surface area contributed by atoms with E-state index in [0.29, 0.717) is 17.2 Å². The van der Waals surface area contributed by atoms with Crippen LogP contribution in [0.1, 0.15) is 36.2 Å². The number of nitrogen functional groups attached to an aromatic ring is 1. The molecule has 1 aromatic carbocycles. The first-order valence-electron chi connectivity index (χ1n) is 6.03. The second kappa shape index (κ2) is 5.71. The van der Waals surface area contributed by atoms with E-state index in [4.69, 9.17) is 5.73 Å². The van der Waals surface area contributed by atoms with Gasteiger partial charge in [0.15, 0.2) is 0 Å². The number of nitrogens with zero attached hydrogens (tertiary/aromatic N) is 1. The second-order valence-corrected chi connectivity index (χ2v) is 4.98. The number of anilines is 1. The molecule has 1 rings (SSSR count). The highest BCUT2D eigenvalue weighted by Gasteiger charge is 2.12. The van der Waals surface area contributed by atoms with Gasteiger partial charge in [-0.05, 0) is 37.0 Å². The summed E-state index contributed by atoms with van der Waals surface area (Å²) in [5.41, 5.74) is 8.16. The Morgan fingerprint density at radius 3 is 2.59 bits per heavy atom. The lowest BCUT2D eigenvalue weighted by Gasteiger charge is -2.18. The van der Waals surface area contributed by atoms with Gasteiger partial charge in [-0.25, -0.2) is 0 Å². The number of hydrogen-bond donors (Lipinski definition) is 1. The minimum Gasteiger partial charge on any atom is -0.398 e. The van der Waals surface area contributed by atoms with Crippen molar-refractivity contribution in [2.75, 3.05) is 19.3 Å². The molecule has 0 heterocycles. The van der Waals surface area contributed by atoms with E-state index in [1.54, 1.807) is 11.0 Å². The molecular weight excluding hydrogens is 212 g/mol. The van der Waals surface area contributed by atoms with Crippen LogP contribution >= 0.6 is 0 Å². The van der Waals surface area contributed by atoms with Crippen LogP contribution in [0.15, 0.2) is 18.2 Å². The first-order valence-corrected chi connectivity index (χ1v) is 6.03. The van der Waals surface area contributed by atoms with Crippen LogP contribution in [0.4, 0.5) is 5.69 Å². The van der Waals surface area contributed by atoms with Crippen molar-refractivity contribution in [2.24, 2.45) is 5.92 Å². The molecule has 0 aliphatic carbocycles. The smallest absolute Gasteiger partial charge is 0.253 e. The highest BCUT2D eigenvalue weighted by Crippen LogP contribution is 2.14. The van der Waals surface area contributed by atoms with Gasteiger partial charge in [-0.1, -0.05) is 19.9 Å². The van der Waals surface area contributed by atoms with E-state index in [0.717, 1.165) is 18.5 Å². The van der Waals surface area contributed by atoms with E-state index in [1.807, 2.05) is 26.1 Å². The first kappa shape index (κ1) is 13.6. The first-order chi connectivity index (χ1) is 7.91. The summed E-state index contributed by atoms with van der Waals surface area (Å²) >= 11 is 0. The van der Waals surface area contributed by atoms with Crippen molar-refractivity contribution in [3.8, 4) is 0 Å². The summed E-state index contributed by atoms with van der Waals surface area (Å²) in [5, 5.41) is 0. The summed E-state index contributed by atoms with van der Waals surface area (Å²) in [6.45, 7) is 7.03. The largest absolute Gasteiger partial charge is 0.398 e. The van der Waals surface area contributed by atoms with Gasteiger partial charge in [-0.15, -0.1) is 0 Å². The van der Waals surface area contributed by atoms with E-state index in [1.165, 1.54) is 0 Å². The predicted molar refractivity (Wildman–Crippen MR) is 72.0 cm³/mol. The van der Waals surface area contributed by atoms with Crippen molar-refractivity contribution in [3.63, 3.8) is 0 Å². The zero-order valence-electron chi connectivity index (χ0n) is 11.2. The number of carbonyl (C=O) groups excluding carboxylic acids is 1. The Morgan fingerprint density at radius 1 is 1.41 bits per heavy atom. The standard InChI is InChI=1S/C14H22N2O/c1-10(2)7-8-16(4)14(17)12-6-5-11(3)13(15)9-12/h5-6,9-10H,7-8,15H2,1-4H3. The highest BCUT2D eigenvalue weighted by molar-refractivity contribution is 5.95. The Bertz CT molecular complexity index is 399. The average Bonchev–Trinajstić information content (AvgIpc) is 2.28. The van der Waals surface area contributed by atoms with Gasteiger partial charge >= 0.3 is 0 Å². The van der Waals surface area contributed by atoms with Gasteiger partial charge in [-0.3, -0.25) is 4.79 Å². The lowest BCUT2D eigenvalue weighted by molar-refractivity contribution is 0.0789. The Hall–Kier alpha value is -1.51. The minimum atomic E-state index is 0.0392. The fourth-order valence-corrected chi connectivity index (χ4v) is 1.55. The van der Waals surface area contributed by atoms with Crippen molar-refractivity contribution in [2.45, 2.75) is 27.2 Å². The van der Waals surface area contributed by atoms with Gasteiger partial charge in [0.05, 0.1) is 0 Å². The van der Waals surface area contributed by atoms with Crippen LogP contribution in [-0.2, 0) is 0 Å². The lowest BCUT2D eigenvalue weighted by atomic mass is 10.1. The maximum atomic E-state index is 12.1. The zero-order chi connectivity index (χ0) is 13.0. The topological polar surface area (TPSA) is 46.3 Å². The van der Waals surface area contributed by atoms with Gasteiger partial charge in [0.25, 0.3) is 5.91 Å². The summed E-state index contributed by atoms with van der Waals surface area (Å²) < 4.78 is 0. The van der Waals surface area contributed by atoms with Crippen LogP contribution in [0.2, 0.25) is 0 Å². The number of carbonyl (C=O) groups is 1. The van der Waals surface area contributed by atoms with Crippen LogP contribution in [0.25, 0.3) is 0 Å². The van der Waals surface area contributed by atoms with Crippen molar-refractivity contribution in [1.29, 1.82) is 0 Å². The summed E-state index contributed by atoms with van der Waals surface area (Å²) in [5.74, 6) is 0.644. The highest BCUT2D eigenvalue weighted by atomic mass is 16.2. The third-order valence-electron chi connectivity index (χ3n) is 2.91. The summed E-state index contributed by atoms with van der Waals surface area (Å²) in [7, 11) is 1.83. The van der Waals surface area contributed by atoms with Crippen LogP contribution in [0.3, 0.4) is 0 Å². The van der Waals surface area contributed by atoms with E-state index in [9.17, 15) is 4.79 Å². The van der Waals surface area contributed by atoms with Crippen LogP contribution < -0.4 is 5.73 Å². The van der Waals surface area contributed by atoms with Crippen molar-refractivity contribution in [3.05, 3.63) is 29.3 Å². The quantitative estimate of drug-likeness (QED) is 0.814. The number of nitrogens with two attached hydrogens (primary N) is 1. The molecule has 0 unspecified atom stereocenters. The summed E-state index contributed by atoms with van der Waals surface area (Å²) in [4.78, 5) is 13.8. The molecule has 3 heteroatoms. The Morgan fingerprint density at radius 2 is 2.06 bits per heavy atom. The average molecular weight is 234 g/mol. The monoisotopic (exact) mass is 234 g/mol. The Balaban J connectivity index is 2.71. The van der Waals surface area contributed by atoms with Crippen molar-refractivity contribution < 1.29 is 4.79 Å². The van der Waals surface area contributed by atoms with Crippen LogP contribution in [0.5, 0.6) is 0 Å². The molecule has 1 amide bonds. The molecule has 3 nitrogen and oxygen atoms in total. The molecule has 17 heavy (non-hydrogen) atoms. The van der Waals surface area contributed by atoms with E-state index >= 15 is 0 Å². The number of amides is 1. The molecule has 0 aliphatic heterocycles. The Kier molecular flexibility index (Phi) is 4.55. The van der Waals surface area contributed by atoms with E-state index < -0.39 is 0 Å². The predicted octanol–water partition coefficient (Wildman–Crippen LogP) is 2.70. The number of benzene rings is 1. The molecule has 94 valence electrons. The maximum Gasteiger partial charge on any atom is 0.253 e. The lowest BCUT2D eigenvalue weighted by Crippen LogP contribution is -2.28. The molecule has 0 aromatic heterocycles. The summed E-state index contributed by atoms with van der Waals surface area (Å²) in [6, 6.07) is 5.47. The van der Waals surface area contributed by atoms with E-state index in [2.05, 4.69) is 13.8 Å². The molecule has 2 N–H and O–H groups in total. The molecule has 1 aromatic rings. The fraction of sp³-hybridized carbons (Fsp3) is 0.500. The summed E-state index contributed by atoms with van der Waals surface area (Å²) in [6.07, 6.45) is 1.02. The fourth-order valence-electron chi connectivity index (χ4n) is 1.55. The molecular formula is C14H22N2O. The third-order valence-corrected chi connectivity index (χ3v) is 2.91. The molecule has 0 fully saturated rings. The molecule has 0 aliphatic rings. The molecule has 0 atom stereocenters. The SMILES string of the molecule is Cc1ccc(C(=O)N(C)CCC(C)C)cc1N. The third kappa shape index (κ3) is 3.77. The zero-order valence-corrected chi connectivity index (χ0v) is 11.2.